The maximum atomic E-state index is 3.76. The summed E-state index contributed by atoms with van der Waals surface area (Å²) < 4.78 is 1.02. The molecule has 1 unspecified atom stereocenters. The van der Waals surface area contributed by atoms with Crippen molar-refractivity contribution >= 4 is 15.9 Å². The van der Waals surface area contributed by atoms with Gasteiger partial charge in [-0.05, 0) is 22.4 Å². The number of hydrogen-bond acceptors (Lipinski definition) is 0. The van der Waals surface area contributed by atoms with Crippen molar-refractivity contribution in [1.82, 2.24) is 0 Å². The van der Waals surface area contributed by atoms with E-state index < -0.39 is 0 Å². The Morgan fingerprint density at radius 2 is 1.31 bits per heavy atom. The van der Waals surface area contributed by atoms with Crippen LogP contribution in [0, 0.1) is 0 Å². The maximum Gasteiger partial charge on any atom is 0.143 e. The zero-order chi connectivity index (χ0) is 11.7. The fourth-order valence-corrected chi connectivity index (χ4v) is 1.98. The molecule has 0 aromatic heterocycles. The smallest absolute Gasteiger partial charge is 0.143 e. The summed E-state index contributed by atoms with van der Waals surface area (Å²) in [6, 6.07) is 0. The normalized spacial score (nSPS) is 13.3. The van der Waals surface area contributed by atoms with E-state index >= 15 is 0 Å². The zero-order valence-corrected chi connectivity index (χ0v) is 14.6. The minimum Gasteiger partial charge on any atom is -1.00 e. The van der Waals surface area contributed by atoms with Gasteiger partial charge in [-0.3, -0.25) is 0 Å². The highest BCUT2D eigenvalue weighted by Gasteiger charge is 2.18. The molecular weight excluding hydrogens is 330 g/mol. The average Bonchev–Trinajstić information content (AvgIpc) is 2.14. The second kappa shape index (κ2) is 11.0. The molecule has 0 spiro atoms. The Labute approximate surface area is 121 Å². The molecule has 16 heavy (non-hydrogen) atoms. The van der Waals surface area contributed by atoms with Crippen LogP contribution in [0.3, 0.4) is 0 Å². The van der Waals surface area contributed by atoms with E-state index in [0.717, 1.165) is 4.48 Å². The summed E-state index contributed by atoms with van der Waals surface area (Å²) in [6.45, 7) is 2.27. The lowest BCUT2D eigenvalue weighted by atomic mass is 10.1. The molecule has 0 N–H and O–H groups in total. The zero-order valence-electron chi connectivity index (χ0n) is 11.4. The van der Waals surface area contributed by atoms with E-state index in [1.165, 1.54) is 51.4 Å². The molecule has 0 fully saturated rings. The van der Waals surface area contributed by atoms with Gasteiger partial charge in [0.2, 0.25) is 0 Å². The fraction of sp³-hybridized carbons (Fsp3) is 1.00. The van der Waals surface area contributed by atoms with Crippen molar-refractivity contribution in [3.63, 3.8) is 0 Å². The van der Waals surface area contributed by atoms with Crippen LogP contribution in [0.5, 0.6) is 0 Å². The summed E-state index contributed by atoms with van der Waals surface area (Å²) in [5.74, 6) is 0. The lowest BCUT2D eigenvalue weighted by molar-refractivity contribution is -0.879. The molecule has 0 bridgehead atoms. The molecule has 0 aliphatic rings. The van der Waals surface area contributed by atoms with E-state index in [4.69, 9.17) is 0 Å². The summed E-state index contributed by atoms with van der Waals surface area (Å²) in [6.07, 6.45) is 11.1. The van der Waals surface area contributed by atoms with Crippen LogP contribution in [0.15, 0.2) is 0 Å². The predicted molar refractivity (Wildman–Crippen MR) is 73.4 cm³/mol. The number of unbranched alkanes of at least 4 members (excludes halogenated alkanes) is 6. The Balaban J connectivity index is 0. The van der Waals surface area contributed by atoms with Gasteiger partial charge in [0.05, 0.1) is 21.1 Å². The summed E-state index contributed by atoms with van der Waals surface area (Å²) in [5, 5.41) is 0. The summed E-state index contributed by atoms with van der Waals surface area (Å²) in [7, 11) is 6.75. The van der Waals surface area contributed by atoms with E-state index in [-0.39, 0.29) is 17.0 Å². The van der Waals surface area contributed by atoms with Crippen molar-refractivity contribution in [2.24, 2.45) is 0 Å². The van der Waals surface area contributed by atoms with Crippen LogP contribution in [-0.4, -0.2) is 30.6 Å². The van der Waals surface area contributed by atoms with Gasteiger partial charge in [-0.1, -0.05) is 45.4 Å². The summed E-state index contributed by atoms with van der Waals surface area (Å²) >= 11 is 3.76. The van der Waals surface area contributed by atoms with Gasteiger partial charge in [-0.2, -0.15) is 0 Å². The SMILES string of the molecule is CCCCCCCCCC(Br)[N+](C)(C)C.[Br-]. The molecule has 100 valence electrons. The Morgan fingerprint density at radius 3 is 1.75 bits per heavy atom. The molecule has 0 rings (SSSR count). The predicted octanol–water partition coefficient (Wildman–Crippen LogP) is 1.56. The molecule has 0 aromatic carbocycles. The van der Waals surface area contributed by atoms with Crippen LogP contribution in [0.4, 0.5) is 0 Å². The van der Waals surface area contributed by atoms with Gasteiger partial charge in [-0.15, -0.1) is 0 Å². The van der Waals surface area contributed by atoms with E-state index in [1.54, 1.807) is 0 Å². The molecule has 0 aromatic rings. The van der Waals surface area contributed by atoms with Crippen molar-refractivity contribution in [3.8, 4) is 0 Å². The van der Waals surface area contributed by atoms with Crippen LogP contribution < -0.4 is 17.0 Å². The standard InChI is InChI=1S/C13H29BrN.BrH/c1-5-6-7-8-9-10-11-12-13(14)15(2,3)4;/h13H,5-12H2,1-4H3;1H/q+1;/p-1. The number of hydrogen-bond donors (Lipinski definition) is 0. The van der Waals surface area contributed by atoms with E-state index in [9.17, 15) is 0 Å². The van der Waals surface area contributed by atoms with Gasteiger partial charge in [0.15, 0.2) is 0 Å². The third-order valence-corrected chi connectivity index (χ3v) is 4.57. The fourth-order valence-electron chi connectivity index (χ4n) is 1.66. The molecule has 0 radical (unpaired) electrons. The molecule has 0 aliphatic heterocycles. The molecule has 0 saturated heterocycles. The third-order valence-electron chi connectivity index (χ3n) is 2.89. The molecule has 0 saturated carbocycles. The highest BCUT2D eigenvalue weighted by molar-refractivity contribution is 9.09. The van der Waals surface area contributed by atoms with Crippen molar-refractivity contribution in [1.29, 1.82) is 0 Å². The molecule has 0 heterocycles. The van der Waals surface area contributed by atoms with Crippen LogP contribution in [0.1, 0.15) is 58.3 Å². The minimum atomic E-state index is 0. The highest BCUT2D eigenvalue weighted by Crippen LogP contribution is 2.18. The van der Waals surface area contributed by atoms with Gasteiger partial charge < -0.3 is 21.5 Å². The Kier molecular flexibility index (Phi) is 13.3. The number of halogens is 2. The summed E-state index contributed by atoms with van der Waals surface area (Å²) in [4.78, 5) is 0.619. The van der Waals surface area contributed by atoms with Gasteiger partial charge in [0.1, 0.15) is 4.95 Å². The summed E-state index contributed by atoms with van der Waals surface area (Å²) in [5.41, 5.74) is 0. The van der Waals surface area contributed by atoms with Crippen molar-refractivity contribution in [2.45, 2.75) is 63.2 Å². The first-order chi connectivity index (χ1) is 6.98. The molecule has 0 amide bonds. The third kappa shape index (κ3) is 11.4. The van der Waals surface area contributed by atoms with E-state index in [0.29, 0.717) is 4.95 Å². The molecule has 0 aliphatic carbocycles. The van der Waals surface area contributed by atoms with Crippen LogP contribution in [-0.2, 0) is 0 Å². The second-order valence-corrected chi connectivity index (χ2v) is 6.52. The van der Waals surface area contributed by atoms with Crippen LogP contribution in [0.2, 0.25) is 0 Å². The monoisotopic (exact) mass is 357 g/mol. The topological polar surface area (TPSA) is 0 Å². The minimum absolute atomic E-state index is 0. The van der Waals surface area contributed by atoms with Crippen molar-refractivity contribution in [2.75, 3.05) is 21.1 Å². The number of quaternary nitrogens is 1. The van der Waals surface area contributed by atoms with Crippen molar-refractivity contribution < 1.29 is 21.5 Å². The first kappa shape index (κ1) is 19.3. The van der Waals surface area contributed by atoms with Gasteiger partial charge in [0, 0.05) is 6.42 Å². The second-order valence-electron chi connectivity index (χ2n) is 5.46. The number of rotatable bonds is 9. The van der Waals surface area contributed by atoms with Crippen LogP contribution in [0.25, 0.3) is 0 Å². The first-order valence-corrected chi connectivity index (χ1v) is 7.35. The van der Waals surface area contributed by atoms with E-state index in [2.05, 4.69) is 44.0 Å². The van der Waals surface area contributed by atoms with Gasteiger partial charge in [-0.25, -0.2) is 0 Å². The maximum absolute atomic E-state index is 3.76. The Hall–Kier alpha value is 0.920. The molecule has 1 atom stereocenters. The lowest BCUT2D eigenvalue weighted by Crippen LogP contribution is -3.00. The quantitative estimate of drug-likeness (QED) is 0.254. The van der Waals surface area contributed by atoms with Crippen LogP contribution >= 0.6 is 15.9 Å². The Bertz CT molecular complexity index is 143. The molecule has 1 nitrogen and oxygen atoms in total. The first-order valence-electron chi connectivity index (χ1n) is 6.43. The number of nitrogens with zero attached hydrogens (tertiary/aromatic N) is 1. The molecular formula is C13H29Br2N. The van der Waals surface area contributed by atoms with Crippen molar-refractivity contribution in [3.05, 3.63) is 0 Å². The van der Waals surface area contributed by atoms with Gasteiger partial charge >= 0.3 is 0 Å². The highest BCUT2D eigenvalue weighted by atomic mass is 79.9. The van der Waals surface area contributed by atoms with E-state index in [1.807, 2.05) is 0 Å². The molecule has 3 heteroatoms. The lowest BCUT2D eigenvalue weighted by Gasteiger charge is -2.30. The average molecular weight is 359 g/mol. The number of alkyl halides is 1. The van der Waals surface area contributed by atoms with Gasteiger partial charge in [0.25, 0.3) is 0 Å². The largest absolute Gasteiger partial charge is 1.00 e. The Morgan fingerprint density at radius 1 is 0.875 bits per heavy atom.